The number of hydrogen-bond acceptors (Lipinski definition) is 4. The van der Waals surface area contributed by atoms with E-state index in [2.05, 4.69) is 25.9 Å². The van der Waals surface area contributed by atoms with Crippen LogP contribution in [0.5, 0.6) is 6.01 Å². The monoisotopic (exact) mass is 393 g/mol. The van der Waals surface area contributed by atoms with Gasteiger partial charge in [0.15, 0.2) is 0 Å². The zero-order valence-corrected chi connectivity index (χ0v) is 14.6. The van der Waals surface area contributed by atoms with Crippen LogP contribution >= 0.6 is 15.9 Å². The first kappa shape index (κ1) is 16.8. The van der Waals surface area contributed by atoms with Crippen LogP contribution in [0.25, 0.3) is 0 Å². The fourth-order valence-electron chi connectivity index (χ4n) is 2.66. The number of piperidine rings is 1. The van der Waals surface area contributed by atoms with Crippen LogP contribution in [0.3, 0.4) is 0 Å². The smallest absolute Gasteiger partial charge is 0.316 e. The number of carbonyl (C=O) groups excluding carboxylic acids is 1. The van der Waals surface area contributed by atoms with Crippen molar-refractivity contribution < 1.29 is 13.9 Å². The third kappa shape index (κ3) is 4.50. The third-order valence-corrected chi connectivity index (χ3v) is 4.28. The lowest BCUT2D eigenvalue weighted by atomic mass is 10.1. The predicted octanol–water partition coefficient (Wildman–Crippen LogP) is 2.99. The lowest BCUT2D eigenvalue weighted by molar-refractivity contribution is -0.133. The second-order valence-corrected chi connectivity index (χ2v) is 6.62. The second-order valence-electron chi connectivity index (χ2n) is 5.71. The van der Waals surface area contributed by atoms with E-state index in [-0.39, 0.29) is 24.2 Å². The molecule has 24 heavy (non-hydrogen) atoms. The zero-order valence-electron chi connectivity index (χ0n) is 13.0. The number of halogens is 2. The van der Waals surface area contributed by atoms with Crippen LogP contribution in [0.4, 0.5) is 4.39 Å². The Balaban J connectivity index is 1.57. The highest BCUT2D eigenvalue weighted by atomic mass is 79.9. The van der Waals surface area contributed by atoms with Crippen LogP contribution in [-0.2, 0) is 11.2 Å². The van der Waals surface area contributed by atoms with Gasteiger partial charge in [-0.15, -0.1) is 0 Å². The van der Waals surface area contributed by atoms with E-state index in [1.807, 2.05) is 0 Å². The van der Waals surface area contributed by atoms with Crippen molar-refractivity contribution in [2.24, 2.45) is 0 Å². The van der Waals surface area contributed by atoms with Gasteiger partial charge in [0.1, 0.15) is 11.9 Å². The van der Waals surface area contributed by atoms with Crippen molar-refractivity contribution in [3.05, 3.63) is 52.5 Å². The number of ether oxygens (including phenoxy) is 1. The van der Waals surface area contributed by atoms with Gasteiger partial charge in [0, 0.05) is 18.9 Å². The van der Waals surface area contributed by atoms with Gasteiger partial charge in [-0.1, -0.05) is 12.1 Å². The highest BCUT2D eigenvalue weighted by Crippen LogP contribution is 2.17. The SMILES string of the molecule is O=C(Cc1ccc(F)cc1)N1CCC[C@@H](Oc2ncc(Br)cn2)C1. The number of aromatic nitrogens is 2. The van der Waals surface area contributed by atoms with Crippen molar-refractivity contribution in [1.82, 2.24) is 14.9 Å². The largest absolute Gasteiger partial charge is 0.458 e. The number of benzene rings is 1. The number of nitrogens with zero attached hydrogens (tertiary/aromatic N) is 3. The van der Waals surface area contributed by atoms with Gasteiger partial charge in [-0.3, -0.25) is 4.79 Å². The van der Waals surface area contributed by atoms with Crippen molar-refractivity contribution in [3.63, 3.8) is 0 Å². The highest BCUT2D eigenvalue weighted by Gasteiger charge is 2.25. The number of rotatable bonds is 4. The summed E-state index contributed by atoms with van der Waals surface area (Å²) < 4.78 is 19.5. The summed E-state index contributed by atoms with van der Waals surface area (Å²) in [6, 6.07) is 6.34. The van der Waals surface area contributed by atoms with Crippen LogP contribution in [0.15, 0.2) is 41.1 Å². The number of amides is 1. The van der Waals surface area contributed by atoms with Gasteiger partial charge >= 0.3 is 6.01 Å². The molecule has 1 aromatic heterocycles. The minimum absolute atomic E-state index is 0.0200. The average Bonchev–Trinajstić information content (AvgIpc) is 2.59. The summed E-state index contributed by atoms with van der Waals surface area (Å²) in [6.45, 7) is 1.22. The van der Waals surface area contributed by atoms with E-state index in [9.17, 15) is 9.18 Å². The summed E-state index contributed by atoms with van der Waals surface area (Å²) in [5.74, 6) is -0.279. The third-order valence-electron chi connectivity index (χ3n) is 3.87. The summed E-state index contributed by atoms with van der Waals surface area (Å²) in [7, 11) is 0. The maximum absolute atomic E-state index is 12.9. The Morgan fingerprint density at radius 3 is 2.71 bits per heavy atom. The molecule has 126 valence electrons. The molecular weight excluding hydrogens is 377 g/mol. The Kier molecular flexibility index (Phi) is 5.40. The molecular formula is C17H17BrFN3O2. The quantitative estimate of drug-likeness (QED) is 0.800. The molecule has 0 saturated carbocycles. The first-order valence-electron chi connectivity index (χ1n) is 7.76. The fraction of sp³-hybridized carbons (Fsp3) is 0.353. The van der Waals surface area contributed by atoms with Crippen molar-refractivity contribution >= 4 is 21.8 Å². The summed E-state index contributed by atoms with van der Waals surface area (Å²) in [5, 5.41) is 0. The van der Waals surface area contributed by atoms with Crippen molar-refractivity contribution in [2.45, 2.75) is 25.4 Å². The maximum atomic E-state index is 12.9. The minimum Gasteiger partial charge on any atom is -0.458 e. The molecule has 7 heteroatoms. The van der Waals surface area contributed by atoms with E-state index >= 15 is 0 Å². The van der Waals surface area contributed by atoms with E-state index in [4.69, 9.17) is 4.74 Å². The van der Waals surface area contributed by atoms with Gasteiger partial charge in [0.25, 0.3) is 0 Å². The number of likely N-dealkylation sites (tertiary alicyclic amines) is 1. The molecule has 1 atom stereocenters. The van der Waals surface area contributed by atoms with Crippen LogP contribution in [-0.4, -0.2) is 40.0 Å². The van der Waals surface area contributed by atoms with Crippen LogP contribution in [0.1, 0.15) is 18.4 Å². The highest BCUT2D eigenvalue weighted by molar-refractivity contribution is 9.10. The Morgan fingerprint density at radius 1 is 1.29 bits per heavy atom. The molecule has 0 N–H and O–H groups in total. The number of carbonyl (C=O) groups is 1. The molecule has 0 unspecified atom stereocenters. The van der Waals surface area contributed by atoms with Crippen molar-refractivity contribution in [1.29, 1.82) is 0 Å². The van der Waals surface area contributed by atoms with E-state index in [1.54, 1.807) is 29.4 Å². The standard InChI is InChI=1S/C17H17BrFN3O2/c18-13-9-20-17(21-10-13)24-15-2-1-7-22(11-15)16(23)8-12-3-5-14(19)6-4-12/h3-6,9-10,15H,1-2,7-8,11H2/t15-/m1/s1. The van der Waals surface area contributed by atoms with Crippen LogP contribution in [0, 0.1) is 5.82 Å². The lowest BCUT2D eigenvalue weighted by Crippen LogP contribution is -2.45. The van der Waals surface area contributed by atoms with Gasteiger partial charge in [-0.2, -0.15) is 0 Å². The zero-order chi connectivity index (χ0) is 16.9. The van der Waals surface area contributed by atoms with Gasteiger partial charge in [-0.25, -0.2) is 14.4 Å². The van der Waals surface area contributed by atoms with Crippen molar-refractivity contribution in [2.75, 3.05) is 13.1 Å². The molecule has 1 amide bonds. The summed E-state index contributed by atoms with van der Waals surface area (Å²) in [4.78, 5) is 22.4. The topological polar surface area (TPSA) is 55.3 Å². The van der Waals surface area contributed by atoms with E-state index < -0.39 is 0 Å². The first-order valence-corrected chi connectivity index (χ1v) is 8.56. The van der Waals surface area contributed by atoms with Crippen molar-refractivity contribution in [3.8, 4) is 6.01 Å². The summed E-state index contributed by atoms with van der Waals surface area (Å²) in [5.41, 5.74) is 0.806. The number of hydrogen-bond donors (Lipinski definition) is 0. The average molecular weight is 394 g/mol. The van der Waals surface area contributed by atoms with E-state index in [0.717, 1.165) is 22.9 Å². The normalized spacial score (nSPS) is 17.6. The second kappa shape index (κ2) is 7.70. The summed E-state index contributed by atoms with van der Waals surface area (Å²) >= 11 is 3.28. The minimum atomic E-state index is -0.299. The van der Waals surface area contributed by atoms with Gasteiger partial charge in [0.2, 0.25) is 5.91 Å². The fourth-order valence-corrected chi connectivity index (χ4v) is 2.86. The molecule has 1 fully saturated rings. The molecule has 0 radical (unpaired) electrons. The molecule has 2 heterocycles. The predicted molar refractivity (Wildman–Crippen MR) is 90.1 cm³/mol. The molecule has 2 aromatic rings. The Hall–Kier alpha value is -2.02. The molecule has 1 aliphatic rings. The molecule has 3 rings (SSSR count). The van der Waals surface area contributed by atoms with E-state index in [0.29, 0.717) is 19.1 Å². The van der Waals surface area contributed by atoms with Crippen LogP contribution in [0.2, 0.25) is 0 Å². The molecule has 1 aromatic carbocycles. The lowest BCUT2D eigenvalue weighted by Gasteiger charge is -2.32. The Labute approximate surface area is 148 Å². The molecule has 1 aliphatic heterocycles. The molecule has 0 bridgehead atoms. The first-order chi connectivity index (χ1) is 11.6. The maximum Gasteiger partial charge on any atom is 0.316 e. The molecule has 1 saturated heterocycles. The molecule has 0 spiro atoms. The Bertz CT molecular complexity index is 694. The van der Waals surface area contributed by atoms with Gasteiger partial charge in [-0.05, 0) is 46.5 Å². The summed E-state index contributed by atoms with van der Waals surface area (Å²) in [6.07, 6.45) is 5.14. The molecule has 0 aliphatic carbocycles. The Morgan fingerprint density at radius 2 is 2.00 bits per heavy atom. The molecule has 5 nitrogen and oxygen atoms in total. The van der Waals surface area contributed by atoms with Crippen LogP contribution < -0.4 is 4.74 Å². The van der Waals surface area contributed by atoms with Gasteiger partial charge in [0.05, 0.1) is 17.4 Å². The van der Waals surface area contributed by atoms with E-state index in [1.165, 1.54) is 12.1 Å². The van der Waals surface area contributed by atoms with Gasteiger partial charge < -0.3 is 9.64 Å².